The Hall–Kier alpha value is -2.60. The maximum atomic E-state index is 12.2. The molecule has 0 saturated heterocycles. The average molecular weight is 378 g/mol. The first-order valence-corrected chi connectivity index (χ1v) is 8.57. The number of aryl methyl sites for hydroxylation is 2. The topological polar surface area (TPSA) is 85.6 Å². The highest BCUT2D eigenvalue weighted by Crippen LogP contribution is 2.28. The average Bonchev–Trinajstić information content (AvgIpc) is 2.90. The van der Waals surface area contributed by atoms with Crippen LogP contribution in [0.1, 0.15) is 52.3 Å². The molecule has 2 aromatic rings. The van der Waals surface area contributed by atoms with Gasteiger partial charge in [-0.3, -0.25) is 14.9 Å². The first-order chi connectivity index (χ1) is 12.3. The molecule has 0 aliphatic rings. The van der Waals surface area contributed by atoms with Crippen LogP contribution in [0.2, 0.25) is 5.02 Å². The van der Waals surface area contributed by atoms with Crippen LogP contribution in [0.3, 0.4) is 0 Å². The van der Waals surface area contributed by atoms with Crippen molar-refractivity contribution in [3.05, 3.63) is 51.7 Å². The third kappa shape index (κ3) is 4.73. The van der Waals surface area contributed by atoms with E-state index in [0.29, 0.717) is 11.4 Å². The molecule has 2 rings (SSSR count). The molecule has 0 spiro atoms. The summed E-state index contributed by atoms with van der Waals surface area (Å²) in [7, 11) is 0. The van der Waals surface area contributed by atoms with Gasteiger partial charge in [0.15, 0.2) is 5.78 Å². The number of halogens is 1. The minimum atomic E-state index is -0.706. The zero-order valence-electron chi connectivity index (χ0n) is 14.8. The van der Waals surface area contributed by atoms with Crippen LogP contribution >= 0.6 is 11.6 Å². The Kier molecular flexibility index (Phi) is 6.58. The van der Waals surface area contributed by atoms with Crippen LogP contribution in [0, 0.1) is 6.92 Å². The van der Waals surface area contributed by atoms with Crippen LogP contribution in [0.4, 0.5) is 5.88 Å². The molecule has 7 heteroatoms. The molecule has 26 heavy (non-hydrogen) atoms. The van der Waals surface area contributed by atoms with Crippen LogP contribution in [0.15, 0.2) is 28.7 Å². The Morgan fingerprint density at radius 2 is 1.81 bits per heavy atom. The van der Waals surface area contributed by atoms with E-state index in [-0.39, 0.29) is 47.5 Å². The van der Waals surface area contributed by atoms with Crippen molar-refractivity contribution in [1.82, 2.24) is 0 Å². The van der Waals surface area contributed by atoms with E-state index in [1.54, 1.807) is 26.0 Å². The molecule has 0 aliphatic heterocycles. The number of hydrogen-bond acceptors (Lipinski definition) is 5. The highest BCUT2D eigenvalue weighted by molar-refractivity contribution is 6.30. The molecule has 0 unspecified atom stereocenters. The summed E-state index contributed by atoms with van der Waals surface area (Å²) in [5.41, 5.74) is 1.03. The van der Waals surface area contributed by atoms with Crippen molar-refractivity contribution in [2.45, 2.75) is 33.6 Å². The number of hydrogen-bond donors (Lipinski definition) is 1. The fourth-order valence-corrected chi connectivity index (χ4v) is 2.68. The molecule has 0 aliphatic carbocycles. The number of carbonyl (C=O) groups is 3. The van der Waals surface area contributed by atoms with E-state index in [1.165, 1.54) is 6.92 Å². The summed E-state index contributed by atoms with van der Waals surface area (Å²) < 4.78 is 10.4. The highest BCUT2D eigenvalue weighted by Gasteiger charge is 2.28. The van der Waals surface area contributed by atoms with E-state index in [0.717, 1.165) is 5.56 Å². The summed E-state index contributed by atoms with van der Waals surface area (Å²) in [5, 5.41) is 3.19. The van der Waals surface area contributed by atoms with Crippen molar-refractivity contribution in [3.8, 4) is 0 Å². The largest absolute Gasteiger partial charge is 0.462 e. The predicted molar refractivity (Wildman–Crippen MR) is 97.8 cm³/mol. The first-order valence-electron chi connectivity index (χ1n) is 8.19. The van der Waals surface area contributed by atoms with E-state index in [1.807, 2.05) is 12.1 Å². The number of furan rings is 1. The van der Waals surface area contributed by atoms with Gasteiger partial charge in [-0.1, -0.05) is 23.7 Å². The van der Waals surface area contributed by atoms with Gasteiger partial charge in [-0.15, -0.1) is 0 Å². The summed E-state index contributed by atoms with van der Waals surface area (Å²) in [5.74, 6) is -1.19. The van der Waals surface area contributed by atoms with Crippen molar-refractivity contribution < 1.29 is 23.5 Å². The number of Topliss-reactive ketones (excluding diaryl/α,β-unsaturated/α-hetero) is 1. The van der Waals surface area contributed by atoms with Crippen LogP contribution in [0.25, 0.3) is 0 Å². The van der Waals surface area contributed by atoms with E-state index < -0.39 is 5.97 Å². The van der Waals surface area contributed by atoms with Crippen LogP contribution in [-0.4, -0.2) is 24.3 Å². The van der Waals surface area contributed by atoms with Gasteiger partial charge in [0.05, 0.1) is 12.2 Å². The zero-order chi connectivity index (χ0) is 19.3. The number of benzene rings is 1. The highest BCUT2D eigenvalue weighted by atomic mass is 35.5. The molecule has 0 saturated carbocycles. The number of amides is 1. The van der Waals surface area contributed by atoms with Gasteiger partial charge in [0.2, 0.25) is 11.8 Å². The molecule has 0 fully saturated rings. The second kappa shape index (κ2) is 8.67. The standard InChI is InChI=1S/C19H20ClNO5/c1-4-25-19(24)17-16(11(2)22)12(3)26-18(17)21-15(23)10-7-13-5-8-14(20)9-6-13/h5-6,8-9H,4,7,10H2,1-3H3,(H,21,23). The maximum absolute atomic E-state index is 12.2. The number of rotatable bonds is 7. The molecule has 1 N–H and O–H groups in total. The molecular formula is C19H20ClNO5. The fraction of sp³-hybridized carbons (Fsp3) is 0.316. The van der Waals surface area contributed by atoms with Gasteiger partial charge < -0.3 is 9.15 Å². The third-order valence-corrected chi connectivity index (χ3v) is 3.97. The van der Waals surface area contributed by atoms with Crippen molar-refractivity contribution in [1.29, 1.82) is 0 Å². The summed E-state index contributed by atoms with van der Waals surface area (Å²) in [6.07, 6.45) is 0.677. The number of ether oxygens (including phenoxy) is 1. The normalized spacial score (nSPS) is 10.5. The predicted octanol–water partition coefficient (Wildman–Crippen LogP) is 4.19. The summed E-state index contributed by atoms with van der Waals surface area (Å²) >= 11 is 5.83. The zero-order valence-corrected chi connectivity index (χ0v) is 15.6. The Balaban J connectivity index is 2.15. The van der Waals surface area contributed by atoms with Crippen LogP contribution in [0.5, 0.6) is 0 Å². The number of nitrogens with one attached hydrogen (secondary N) is 1. The second-order valence-electron chi connectivity index (χ2n) is 5.69. The van der Waals surface area contributed by atoms with Crippen molar-refractivity contribution in [2.75, 3.05) is 11.9 Å². The van der Waals surface area contributed by atoms with Gasteiger partial charge in [0.1, 0.15) is 11.3 Å². The summed E-state index contributed by atoms with van der Waals surface area (Å²) in [4.78, 5) is 36.3. The van der Waals surface area contributed by atoms with E-state index in [4.69, 9.17) is 20.8 Å². The smallest absolute Gasteiger partial charge is 0.344 e. The molecule has 0 atom stereocenters. The molecular weight excluding hydrogens is 358 g/mol. The fourth-order valence-electron chi connectivity index (χ4n) is 2.55. The Bertz CT molecular complexity index is 823. The van der Waals surface area contributed by atoms with E-state index >= 15 is 0 Å². The van der Waals surface area contributed by atoms with Gasteiger partial charge in [-0.05, 0) is 44.9 Å². The van der Waals surface area contributed by atoms with Gasteiger partial charge >= 0.3 is 5.97 Å². The van der Waals surface area contributed by atoms with E-state index in [2.05, 4.69) is 5.32 Å². The first kappa shape index (κ1) is 19.7. The summed E-state index contributed by atoms with van der Waals surface area (Å²) in [6.45, 7) is 4.68. The lowest BCUT2D eigenvalue weighted by atomic mass is 10.1. The molecule has 0 radical (unpaired) electrons. The monoisotopic (exact) mass is 377 g/mol. The van der Waals surface area contributed by atoms with E-state index in [9.17, 15) is 14.4 Å². The van der Waals surface area contributed by atoms with Crippen molar-refractivity contribution in [2.24, 2.45) is 0 Å². The van der Waals surface area contributed by atoms with Crippen LogP contribution < -0.4 is 5.32 Å². The number of carbonyl (C=O) groups excluding carboxylic acids is 3. The lowest BCUT2D eigenvalue weighted by Crippen LogP contribution is -2.16. The third-order valence-electron chi connectivity index (χ3n) is 3.72. The number of ketones is 1. The van der Waals surface area contributed by atoms with Crippen LogP contribution in [-0.2, 0) is 16.0 Å². The molecule has 1 aromatic carbocycles. The lowest BCUT2D eigenvalue weighted by molar-refractivity contribution is -0.116. The quantitative estimate of drug-likeness (QED) is 0.577. The van der Waals surface area contributed by atoms with Gasteiger partial charge in [-0.25, -0.2) is 4.79 Å². The Morgan fingerprint density at radius 3 is 2.38 bits per heavy atom. The minimum Gasteiger partial charge on any atom is -0.462 e. The lowest BCUT2D eigenvalue weighted by Gasteiger charge is -2.06. The van der Waals surface area contributed by atoms with Gasteiger partial charge in [0, 0.05) is 11.4 Å². The second-order valence-corrected chi connectivity index (χ2v) is 6.13. The number of anilines is 1. The maximum Gasteiger partial charge on any atom is 0.344 e. The molecule has 6 nitrogen and oxygen atoms in total. The Labute approximate surface area is 156 Å². The molecule has 1 aromatic heterocycles. The van der Waals surface area contributed by atoms with Gasteiger partial charge in [0.25, 0.3) is 0 Å². The van der Waals surface area contributed by atoms with Crippen molar-refractivity contribution in [3.63, 3.8) is 0 Å². The molecule has 0 bridgehead atoms. The van der Waals surface area contributed by atoms with Gasteiger partial charge in [-0.2, -0.15) is 0 Å². The molecule has 1 amide bonds. The SMILES string of the molecule is CCOC(=O)c1c(NC(=O)CCc2ccc(Cl)cc2)oc(C)c1C(C)=O. The number of esters is 1. The molecule has 138 valence electrons. The molecule has 1 heterocycles. The Morgan fingerprint density at radius 1 is 1.15 bits per heavy atom. The summed E-state index contributed by atoms with van der Waals surface area (Å²) in [6, 6.07) is 7.18. The van der Waals surface area contributed by atoms with Crippen molar-refractivity contribution >= 4 is 35.1 Å². The minimum absolute atomic E-state index is 0.0447.